The minimum absolute atomic E-state index is 0.0592. The maximum atomic E-state index is 13.2. The van der Waals surface area contributed by atoms with Gasteiger partial charge in [0.2, 0.25) is 5.91 Å². The van der Waals surface area contributed by atoms with Gasteiger partial charge in [-0.25, -0.2) is 0 Å². The van der Waals surface area contributed by atoms with Crippen molar-refractivity contribution in [2.24, 2.45) is 7.05 Å². The van der Waals surface area contributed by atoms with E-state index in [1.807, 2.05) is 61.2 Å². The molecule has 4 rings (SSSR count). The topological polar surface area (TPSA) is 74.7 Å². The second-order valence-electron chi connectivity index (χ2n) is 8.34. The Hall–Kier alpha value is -3.45. The Morgan fingerprint density at radius 1 is 0.969 bits per heavy atom. The van der Waals surface area contributed by atoms with Crippen LogP contribution in [0.3, 0.4) is 0 Å². The highest BCUT2D eigenvalue weighted by atomic mass is 16.2. The Morgan fingerprint density at radius 2 is 1.69 bits per heavy atom. The van der Waals surface area contributed by atoms with Crippen molar-refractivity contribution in [3.63, 3.8) is 0 Å². The summed E-state index contributed by atoms with van der Waals surface area (Å²) in [7, 11) is 1.71. The normalized spacial score (nSPS) is 14.5. The number of aryl methyl sites for hydroxylation is 2. The van der Waals surface area contributed by atoms with Crippen molar-refractivity contribution in [3.8, 4) is 0 Å². The van der Waals surface area contributed by atoms with E-state index in [4.69, 9.17) is 0 Å². The van der Waals surface area contributed by atoms with E-state index in [1.54, 1.807) is 16.5 Å². The predicted octanol–water partition coefficient (Wildman–Crippen LogP) is 2.55. The zero-order valence-corrected chi connectivity index (χ0v) is 18.7. The third kappa shape index (κ3) is 4.29. The van der Waals surface area contributed by atoms with E-state index in [0.29, 0.717) is 31.7 Å². The molecule has 2 amide bonds. The van der Waals surface area contributed by atoms with Crippen LogP contribution in [0, 0.1) is 13.8 Å². The summed E-state index contributed by atoms with van der Waals surface area (Å²) in [5, 5.41) is 3.76. The Labute approximate surface area is 187 Å². The van der Waals surface area contributed by atoms with E-state index in [-0.39, 0.29) is 23.9 Å². The van der Waals surface area contributed by atoms with Gasteiger partial charge >= 0.3 is 0 Å². The number of rotatable bonds is 4. The van der Waals surface area contributed by atoms with Crippen molar-refractivity contribution in [2.45, 2.75) is 13.8 Å². The number of pyridine rings is 1. The monoisotopic (exact) mass is 432 g/mol. The number of para-hydroxylation sites is 1. The molecule has 0 spiro atoms. The quantitative estimate of drug-likeness (QED) is 0.688. The fourth-order valence-electron chi connectivity index (χ4n) is 4.15. The smallest absolute Gasteiger partial charge is 0.254 e. The number of carbonyl (C=O) groups excluding carboxylic acids is 2. The number of fused-ring (bicyclic) bond motifs is 1. The van der Waals surface area contributed by atoms with Crippen LogP contribution in [0.2, 0.25) is 0 Å². The van der Waals surface area contributed by atoms with Gasteiger partial charge in [-0.3, -0.25) is 19.3 Å². The summed E-state index contributed by atoms with van der Waals surface area (Å²) < 4.78 is 1.55. The molecule has 32 heavy (non-hydrogen) atoms. The molecular weight excluding hydrogens is 404 g/mol. The van der Waals surface area contributed by atoms with Crippen molar-refractivity contribution in [3.05, 3.63) is 75.6 Å². The fraction of sp³-hybridized carbons (Fsp3) is 0.320. The van der Waals surface area contributed by atoms with E-state index in [9.17, 15) is 14.4 Å². The van der Waals surface area contributed by atoms with Crippen molar-refractivity contribution in [1.82, 2.24) is 14.4 Å². The van der Waals surface area contributed by atoms with Crippen LogP contribution in [-0.2, 0) is 11.8 Å². The Balaban J connectivity index is 1.40. The van der Waals surface area contributed by atoms with E-state index in [1.165, 1.54) is 6.07 Å². The van der Waals surface area contributed by atoms with Gasteiger partial charge in [-0.05, 0) is 37.1 Å². The molecule has 7 heteroatoms. The lowest BCUT2D eigenvalue weighted by Gasteiger charge is -2.34. The van der Waals surface area contributed by atoms with Gasteiger partial charge in [0.1, 0.15) is 0 Å². The number of piperazine rings is 1. The first-order valence-electron chi connectivity index (χ1n) is 10.8. The van der Waals surface area contributed by atoms with E-state index >= 15 is 0 Å². The number of benzene rings is 2. The first kappa shape index (κ1) is 21.8. The fourth-order valence-corrected chi connectivity index (χ4v) is 4.15. The third-order valence-corrected chi connectivity index (χ3v) is 6.29. The largest absolute Gasteiger partial charge is 0.336 e. The average molecular weight is 433 g/mol. The molecule has 1 fully saturated rings. The van der Waals surface area contributed by atoms with Gasteiger partial charge < -0.3 is 14.8 Å². The standard InChI is InChI=1S/C25H28N4O3/c1-17-7-6-9-21(18(17)2)26-23(30)16-28-11-13-29(14-12-28)25(32)20-15-24(31)27(3)22-10-5-4-8-19(20)22/h4-10,15H,11-14,16H2,1-3H3,(H,26,30). The van der Waals surface area contributed by atoms with Crippen LogP contribution in [-0.4, -0.2) is 58.9 Å². The first-order chi connectivity index (χ1) is 15.3. The number of aromatic nitrogens is 1. The maximum absolute atomic E-state index is 13.2. The molecule has 1 aliphatic rings. The molecule has 1 saturated heterocycles. The molecule has 0 radical (unpaired) electrons. The molecular formula is C25H28N4O3. The van der Waals surface area contributed by atoms with Gasteiger partial charge in [-0.2, -0.15) is 0 Å². The van der Waals surface area contributed by atoms with Gasteiger partial charge in [0.15, 0.2) is 0 Å². The lowest BCUT2D eigenvalue weighted by Crippen LogP contribution is -2.50. The highest BCUT2D eigenvalue weighted by Crippen LogP contribution is 2.20. The highest BCUT2D eigenvalue weighted by molar-refractivity contribution is 6.06. The van der Waals surface area contributed by atoms with Crippen molar-refractivity contribution in [1.29, 1.82) is 0 Å². The van der Waals surface area contributed by atoms with Gasteiger partial charge in [0.05, 0.1) is 17.6 Å². The van der Waals surface area contributed by atoms with Gasteiger partial charge in [0.25, 0.3) is 11.5 Å². The van der Waals surface area contributed by atoms with E-state index in [2.05, 4.69) is 5.32 Å². The van der Waals surface area contributed by atoms with Gasteiger partial charge in [-0.15, -0.1) is 0 Å². The first-order valence-corrected chi connectivity index (χ1v) is 10.8. The van der Waals surface area contributed by atoms with Gasteiger partial charge in [-0.1, -0.05) is 30.3 Å². The Morgan fingerprint density at radius 3 is 2.44 bits per heavy atom. The molecule has 2 heterocycles. The van der Waals surface area contributed by atoms with Crippen LogP contribution in [0.4, 0.5) is 5.69 Å². The molecule has 0 atom stereocenters. The minimum atomic E-state index is -0.200. The van der Waals surface area contributed by atoms with Crippen molar-refractivity contribution >= 4 is 28.4 Å². The molecule has 1 aliphatic heterocycles. The summed E-state index contributed by atoms with van der Waals surface area (Å²) in [4.78, 5) is 41.9. The Kier molecular flexibility index (Phi) is 6.10. The predicted molar refractivity (Wildman–Crippen MR) is 126 cm³/mol. The molecule has 166 valence electrons. The third-order valence-electron chi connectivity index (χ3n) is 6.29. The molecule has 1 N–H and O–H groups in total. The molecule has 0 bridgehead atoms. The summed E-state index contributed by atoms with van der Waals surface area (Å²) in [6, 6.07) is 14.7. The van der Waals surface area contributed by atoms with Crippen LogP contribution in [0.25, 0.3) is 10.9 Å². The van der Waals surface area contributed by atoms with Crippen LogP contribution in [0.1, 0.15) is 21.5 Å². The number of hydrogen-bond acceptors (Lipinski definition) is 4. The lowest BCUT2D eigenvalue weighted by atomic mass is 10.1. The second kappa shape index (κ2) is 8.96. The molecule has 1 aromatic heterocycles. The Bertz CT molecular complexity index is 1240. The molecule has 0 unspecified atom stereocenters. The van der Waals surface area contributed by atoms with Crippen molar-refractivity contribution in [2.75, 3.05) is 38.0 Å². The zero-order valence-electron chi connectivity index (χ0n) is 18.7. The van der Waals surface area contributed by atoms with Crippen molar-refractivity contribution < 1.29 is 9.59 Å². The summed E-state index contributed by atoms with van der Waals surface area (Å²) >= 11 is 0. The molecule has 0 aliphatic carbocycles. The summed E-state index contributed by atoms with van der Waals surface area (Å²) in [6.07, 6.45) is 0. The number of nitrogens with one attached hydrogen (secondary N) is 1. The number of hydrogen-bond donors (Lipinski definition) is 1. The molecule has 3 aromatic rings. The van der Waals surface area contributed by atoms with E-state index < -0.39 is 0 Å². The average Bonchev–Trinajstić information content (AvgIpc) is 2.79. The highest BCUT2D eigenvalue weighted by Gasteiger charge is 2.25. The summed E-state index contributed by atoms with van der Waals surface area (Å²) in [6.45, 7) is 6.54. The number of amides is 2. The van der Waals surface area contributed by atoms with E-state index in [0.717, 1.165) is 27.7 Å². The van der Waals surface area contributed by atoms with Crippen LogP contribution < -0.4 is 10.9 Å². The zero-order chi connectivity index (χ0) is 22.8. The summed E-state index contributed by atoms with van der Waals surface area (Å²) in [5.74, 6) is -0.200. The molecule has 7 nitrogen and oxygen atoms in total. The molecule has 2 aromatic carbocycles. The number of nitrogens with zero attached hydrogens (tertiary/aromatic N) is 3. The maximum Gasteiger partial charge on any atom is 0.254 e. The van der Waals surface area contributed by atoms with Crippen LogP contribution in [0.15, 0.2) is 53.3 Å². The lowest BCUT2D eigenvalue weighted by molar-refractivity contribution is -0.117. The summed E-state index contributed by atoms with van der Waals surface area (Å²) in [5.41, 5.74) is 4.01. The van der Waals surface area contributed by atoms with Gasteiger partial charge in [0, 0.05) is 50.4 Å². The second-order valence-corrected chi connectivity index (χ2v) is 8.34. The number of carbonyl (C=O) groups is 2. The van der Waals surface area contributed by atoms with Crippen LogP contribution in [0.5, 0.6) is 0 Å². The number of anilines is 1. The minimum Gasteiger partial charge on any atom is -0.336 e. The molecule has 0 saturated carbocycles. The van der Waals surface area contributed by atoms with Crippen LogP contribution >= 0.6 is 0 Å². The SMILES string of the molecule is Cc1cccc(NC(=O)CN2CCN(C(=O)c3cc(=O)n(C)c4ccccc34)CC2)c1C.